The predicted molar refractivity (Wildman–Crippen MR) is 151 cm³/mol. The Labute approximate surface area is 232 Å². The normalized spacial score (nSPS) is 22.6. The number of piperidine rings is 1. The minimum Gasteiger partial charge on any atom is -0.353 e. The Bertz CT molecular complexity index is 1290. The van der Waals surface area contributed by atoms with Gasteiger partial charge in [-0.05, 0) is 87.4 Å². The predicted octanol–water partition coefficient (Wildman–Crippen LogP) is 3.10. The lowest BCUT2D eigenvalue weighted by Crippen LogP contribution is -2.58. The summed E-state index contributed by atoms with van der Waals surface area (Å²) in [7, 11) is -3.92. The Morgan fingerprint density at radius 3 is 2.56 bits per heavy atom. The zero-order chi connectivity index (χ0) is 27.4. The standard InChI is InChI=1S/C30H40N4O4S/c1-22-8-11-25(12-9-22)39(37,38)34-19-15-31-30(36)28(34)21-29(35)32-27-7-5-6-24-20-23(10-13-26(24)27)14-18-33-16-3-2-4-17-33/h8-13,20,27-28H,2-7,14-19,21H2,1H3,(H,31,36)(H,32,35)/t27-,28?/m1/s1. The van der Waals surface area contributed by atoms with Gasteiger partial charge in [-0.15, -0.1) is 0 Å². The van der Waals surface area contributed by atoms with Crippen molar-refractivity contribution in [1.29, 1.82) is 0 Å². The van der Waals surface area contributed by atoms with Crippen LogP contribution in [0.1, 0.15) is 66.8 Å². The molecule has 0 aromatic heterocycles. The molecule has 9 heteroatoms. The number of hydrogen-bond acceptors (Lipinski definition) is 5. The summed E-state index contributed by atoms with van der Waals surface area (Å²) in [6.45, 7) is 5.72. The molecule has 0 spiro atoms. The number of carbonyl (C=O) groups is 2. The summed E-state index contributed by atoms with van der Waals surface area (Å²) in [5, 5.41) is 5.85. The summed E-state index contributed by atoms with van der Waals surface area (Å²) >= 11 is 0. The lowest BCUT2D eigenvalue weighted by molar-refractivity contribution is -0.132. The molecular formula is C30H40N4O4S. The molecule has 2 amide bonds. The monoisotopic (exact) mass is 552 g/mol. The number of likely N-dealkylation sites (tertiary alicyclic amines) is 1. The Hall–Kier alpha value is -2.75. The van der Waals surface area contributed by atoms with Gasteiger partial charge in [-0.2, -0.15) is 4.31 Å². The second kappa shape index (κ2) is 12.2. The van der Waals surface area contributed by atoms with Crippen molar-refractivity contribution in [3.63, 3.8) is 0 Å². The van der Waals surface area contributed by atoms with Crippen LogP contribution in [0.4, 0.5) is 0 Å². The molecule has 2 aromatic rings. The molecule has 2 fully saturated rings. The van der Waals surface area contributed by atoms with E-state index >= 15 is 0 Å². The zero-order valence-electron chi connectivity index (χ0n) is 22.8. The van der Waals surface area contributed by atoms with E-state index in [-0.39, 0.29) is 36.4 Å². The minimum absolute atomic E-state index is 0.130. The van der Waals surface area contributed by atoms with Crippen LogP contribution < -0.4 is 10.6 Å². The number of carbonyl (C=O) groups excluding carboxylic acids is 2. The summed E-state index contributed by atoms with van der Waals surface area (Å²) in [5.74, 6) is -0.748. The quantitative estimate of drug-likeness (QED) is 0.525. The van der Waals surface area contributed by atoms with E-state index in [0.717, 1.165) is 43.4 Å². The van der Waals surface area contributed by atoms with E-state index in [9.17, 15) is 18.0 Å². The Morgan fingerprint density at radius 1 is 1.03 bits per heavy atom. The first-order valence-electron chi connectivity index (χ1n) is 14.3. The number of nitrogens with zero attached hydrogens (tertiary/aromatic N) is 2. The molecule has 8 nitrogen and oxygen atoms in total. The SMILES string of the molecule is Cc1ccc(S(=O)(=O)N2CCNC(=O)C2CC(=O)N[C@@H]2CCCc3cc(CCN4CCCCC4)ccc32)cc1. The third-order valence-electron chi connectivity index (χ3n) is 8.31. The summed E-state index contributed by atoms with van der Waals surface area (Å²) in [5.41, 5.74) is 4.69. The van der Waals surface area contributed by atoms with Crippen LogP contribution in [0.2, 0.25) is 0 Å². The smallest absolute Gasteiger partial charge is 0.243 e. The molecule has 2 N–H and O–H groups in total. The van der Waals surface area contributed by atoms with Crippen molar-refractivity contribution in [2.24, 2.45) is 0 Å². The van der Waals surface area contributed by atoms with E-state index in [0.29, 0.717) is 0 Å². The molecule has 2 heterocycles. The van der Waals surface area contributed by atoms with Gasteiger partial charge >= 0.3 is 0 Å². The number of amides is 2. The van der Waals surface area contributed by atoms with Crippen LogP contribution in [0.3, 0.4) is 0 Å². The van der Waals surface area contributed by atoms with E-state index in [2.05, 4.69) is 33.7 Å². The lowest BCUT2D eigenvalue weighted by Gasteiger charge is -2.34. The molecule has 0 bridgehead atoms. The Morgan fingerprint density at radius 2 is 1.79 bits per heavy atom. The summed E-state index contributed by atoms with van der Waals surface area (Å²) < 4.78 is 28.0. The van der Waals surface area contributed by atoms with Crippen LogP contribution in [-0.4, -0.2) is 68.2 Å². The molecule has 2 atom stereocenters. The van der Waals surface area contributed by atoms with Crippen LogP contribution in [0.15, 0.2) is 47.4 Å². The van der Waals surface area contributed by atoms with Crippen molar-refractivity contribution in [1.82, 2.24) is 19.8 Å². The largest absolute Gasteiger partial charge is 0.353 e. The van der Waals surface area contributed by atoms with Crippen LogP contribution in [0.5, 0.6) is 0 Å². The first-order valence-corrected chi connectivity index (χ1v) is 15.7. The zero-order valence-corrected chi connectivity index (χ0v) is 23.6. The minimum atomic E-state index is -3.92. The molecule has 5 rings (SSSR count). The highest BCUT2D eigenvalue weighted by molar-refractivity contribution is 7.89. The van der Waals surface area contributed by atoms with Crippen LogP contribution in [0, 0.1) is 6.92 Å². The van der Waals surface area contributed by atoms with Gasteiger partial charge in [0.1, 0.15) is 6.04 Å². The van der Waals surface area contributed by atoms with Gasteiger partial charge < -0.3 is 15.5 Å². The van der Waals surface area contributed by atoms with Crippen LogP contribution >= 0.6 is 0 Å². The number of sulfonamides is 1. The maximum absolute atomic E-state index is 13.4. The molecule has 0 radical (unpaired) electrons. The second-order valence-electron chi connectivity index (χ2n) is 11.1. The number of hydrogen-bond donors (Lipinski definition) is 2. The van der Waals surface area contributed by atoms with E-state index in [1.807, 2.05) is 6.92 Å². The van der Waals surface area contributed by atoms with Crippen LogP contribution in [0.25, 0.3) is 0 Å². The van der Waals surface area contributed by atoms with Gasteiger partial charge in [-0.3, -0.25) is 9.59 Å². The number of piperazine rings is 1. The maximum Gasteiger partial charge on any atom is 0.243 e. The average Bonchev–Trinajstić information content (AvgIpc) is 2.94. The molecule has 210 valence electrons. The molecule has 3 aliphatic rings. The number of benzene rings is 2. The van der Waals surface area contributed by atoms with Crippen molar-refractivity contribution in [2.75, 3.05) is 32.7 Å². The maximum atomic E-state index is 13.4. The first-order chi connectivity index (χ1) is 18.8. The number of fused-ring (bicyclic) bond motifs is 1. The highest BCUT2D eigenvalue weighted by Gasteiger charge is 2.40. The van der Waals surface area contributed by atoms with Crippen LogP contribution in [-0.2, 0) is 32.5 Å². The van der Waals surface area contributed by atoms with E-state index < -0.39 is 22.0 Å². The van der Waals surface area contributed by atoms with Crippen molar-refractivity contribution in [3.8, 4) is 0 Å². The molecule has 39 heavy (non-hydrogen) atoms. The fourth-order valence-corrected chi connectivity index (χ4v) is 7.68. The fraction of sp³-hybridized carbons (Fsp3) is 0.533. The van der Waals surface area contributed by atoms with Gasteiger partial charge in [0.15, 0.2) is 0 Å². The van der Waals surface area contributed by atoms with Gasteiger partial charge in [0.25, 0.3) is 0 Å². The molecule has 2 aromatic carbocycles. The molecular weight excluding hydrogens is 512 g/mol. The van der Waals surface area contributed by atoms with Crippen molar-refractivity contribution in [3.05, 3.63) is 64.7 Å². The topological polar surface area (TPSA) is 98.8 Å². The van der Waals surface area contributed by atoms with E-state index in [4.69, 9.17) is 0 Å². The fourth-order valence-electron chi connectivity index (χ4n) is 6.09. The van der Waals surface area contributed by atoms with E-state index in [1.54, 1.807) is 24.3 Å². The summed E-state index contributed by atoms with van der Waals surface area (Å²) in [6.07, 6.45) is 7.55. The molecule has 2 aliphatic heterocycles. The van der Waals surface area contributed by atoms with Crippen molar-refractivity contribution >= 4 is 21.8 Å². The van der Waals surface area contributed by atoms with Crippen molar-refractivity contribution in [2.45, 2.75) is 75.3 Å². The second-order valence-corrected chi connectivity index (χ2v) is 13.0. The van der Waals surface area contributed by atoms with E-state index in [1.165, 1.54) is 47.8 Å². The number of rotatable bonds is 8. The first kappa shape index (κ1) is 27.8. The average molecular weight is 553 g/mol. The molecule has 1 unspecified atom stereocenters. The third-order valence-corrected chi connectivity index (χ3v) is 10.2. The number of aryl methyl sites for hydroxylation is 2. The molecule has 1 aliphatic carbocycles. The third kappa shape index (κ3) is 6.53. The van der Waals surface area contributed by atoms with Gasteiger partial charge in [-0.1, -0.05) is 42.3 Å². The highest BCUT2D eigenvalue weighted by atomic mass is 32.2. The molecule has 0 saturated carbocycles. The van der Waals surface area contributed by atoms with Gasteiger partial charge in [-0.25, -0.2) is 8.42 Å². The van der Waals surface area contributed by atoms with Crippen molar-refractivity contribution < 1.29 is 18.0 Å². The number of nitrogens with one attached hydrogen (secondary N) is 2. The van der Waals surface area contributed by atoms with Gasteiger partial charge in [0, 0.05) is 19.6 Å². The highest BCUT2D eigenvalue weighted by Crippen LogP contribution is 2.31. The summed E-state index contributed by atoms with van der Waals surface area (Å²) in [4.78, 5) is 28.7. The Balaban J connectivity index is 1.24. The lowest BCUT2D eigenvalue weighted by atomic mass is 9.86. The summed E-state index contributed by atoms with van der Waals surface area (Å²) in [6, 6.07) is 12.0. The Kier molecular flexibility index (Phi) is 8.69. The molecule has 2 saturated heterocycles. The van der Waals surface area contributed by atoms with Gasteiger partial charge in [0.2, 0.25) is 21.8 Å². The van der Waals surface area contributed by atoms with Gasteiger partial charge in [0.05, 0.1) is 17.4 Å².